The molecule has 1 amide bonds. The monoisotopic (exact) mass is 393 g/mol. The number of hydrogen-bond acceptors (Lipinski definition) is 3. The van der Waals surface area contributed by atoms with Crippen molar-refractivity contribution in [3.8, 4) is 0 Å². The number of ether oxygens (including phenoxy) is 1. The zero-order valence-corrected chi connectivity index (χ0v) is 16.9. The number of rotatable bonds is 4. The molecule has 2 aromatic rings. The highest BCUT2D eigenvalue weighted by molar-refractivity contribution is 6.39. The van der Waals surface area contributed by atoms with Crippen molar-refractivity contribution in [2.75, 3.05) is 11.9 Å². The molecular weight excluding hydrogens is 373 g/mol. The third-order valence-corrected chi connectivity index (χ3v) is 5.40. The Labute approximate surface area is 163 Å². The van der Waals surface area contributed by atoms with Crippen molar-refractivity contribution < 1.29 is 14.3 Å². The van der Waals surface area contributed by atoms with Gasteiger partial charge >= 0.3 is 5.97 Å². The number of para-hydroxylation sites is 1. The summed E-state index contributed by atoms with van der Waals surface area (Å²) in [6.07, 6.45) is 0. The summed E-state index contributed by atoms with van der Waals surface area (Å²) in [6, 6.07) is 4.90. The standard InChI is InChI=1S/C20H21Cl2NO3/c1-10-11(2)13(4)18(14(5)12(10)3)20(25)26-9-17(24)23-19-15(21)7-6-8-16(19)22/h6-8H,9H2,1-5H3,(H,23,24). The van der Waals surface area contributed by atoms with E-state index in [1.807, 2.05) is 34.6 Å². The maximum atomic E-state index is 12.5. The van der Waals surface area contributed by atoms with Crippen LogP contribution in [-0.2, 0) is 9.53 Å². The second-order valence-corrected chi connectivity index (χ2v) is 7.04. The summed E-state index contributed by atoms with van der Waals surface area (Å²) in [5.74, 6) is -1.03. The minimum atomic E-state index is -0.522. The molecule has 4 nitrogen and oxygen atoms in total. The SMILES string of the molecule is Cc1c(C)c(C)c(C(=O)OCC(=O)Nc2c(Cl)cccc2Cl)c(C)c1C. The van der Waals surface area contributed by atoms with E-state index in [0.717, 1.165) is 27.8 Å². The first-order chi connectivity index (χ1) is 12.1. The quantitative estimate of drug-likeness (QED) is 0.713. The maximum absolute atomic E-state index is 12.5. The topological polar surface area (TPSA) is 55.4 Å². The number of anilines is 1. The van der Waals surface area contributed by atoms with Gasteiger partial charge in [0.2, 0.25) is 0 Å². The number of amides is 1. The second kappa shape index (κ2) is 8.11. The molecule has 1 N–H and O–H groups in total. The van der Waals surface area contributed by atoms with E-state index in [4.69, 9.17) is 27.9 Å². The van der Waals surface area contributed by atoms with Gasteiger partial charge in [-0.15, -0.1) is 0 Å². The van der Waals surface area contributed by atoms with E-state index in [9.17, 15) is 9.59 Å². The van der Waals surface area contributed by atoms with Gasteiger partial charge in [0.15, 0.2) is 6.61 Å². The normalized spacial score (nSPS) is 10.6. The van der Waals surface area contributed by atoms with E-state index >= 15 is 0 Å². The van der Waals surface area contributed by atoms with E-state index in [-0.39, 0.29) is 0 Å². The Kier molecular flexibility index (Phi) is 6.32. The number of carbonyl (C=O) groups is 2. The van der Waals surface area contributed by atoms with Crippen LogP contribution in [0.1, 0.15) is 38.2 Å². The van der Waals surface area contributed by atoms with Crippen LogP contribution in [0.25, 0.3) is 0 Å². The first kappa shape index (κ1) is 20.3. The van der Waals surface area contributed by atoms with Crippen molar-refractivity contribution in [2.45, 2.75) is 34.6 Å². The fourth-order valence-corrected chi connectivity index (χ4v) is 3.29. The zero-order valence-electron chi connectivity index (χ0n) is 15.4. The van der Waals surface area contributed by atoms with Crippen LogP contribution in [0.5, 0.6) is 0 Å². The van der Waals surface area contributed by atoms with Crippen LogP contribution in [0, 0.1) is 34.6 Å². The highest BCUT2D eigenvalue weighted by Gasteiger charge is 2.20. The minimum absolute atomic E-state index is 0.297. The predicted octanol–water partition coefficient (Wildman–Crippen LogP) is 5.33. The van der Waals surface area contributed by atoms with Crippen molar-refractivity contribution in [3.05, 3.63) is 61.6 Å². The molecule has 0 unspecified atom stereocenters. The third kappa shape index (κ3) is 4.02. The van der Waals surface area contributed by atoms with Crippen molar-refractivity contribution >= 4 is 40.8 Å². The van der Waals surface area contributed by atoms with Crippen molar-refractivity contribution in [1.29, 1.82) is 0 Å². The molecule has 2 rings (SSSR count). The van der Waals surface area contributed by atoms with Gasteiger partial charge < -0.3 is 10.1 Å². The lowest BCUT2D eigenvalue weighted by Gasteiger charge is -2.17. The number of halogens is 2. The summed E-state index contributed by atoms with van der Waals surface area (Å²) in [7, 11) is 0. The van der Waals surface area contributed by atoms with Gasteiger partial charge in [0.25, 0.3) is 5.91 Å². The molecule has 138 valence electrons. The Morgan fingerprint density at radius 1 is 0.885 bits per heavy atom. The van der Waals surface area contributed by atoms with Crippen LogP contribution in [0.15, 0.2) is 18.2 Å². The Balaban J connectivity index is 2.14. The highest BCUT2D eigenvalue weighted by atomic mass is 35.5. The third-order valence-electron chi connectivity index (χ3n) is 4.77. The number of esters is 1. The summed E-state index contributed by atoms with van der Waals surface area (Å²) in [4.78, 5) is 24.6. The smallest absolute Gasteiger partial charge is 0.339 e. The van der Waals surface area contributed by atoms with Gasteiger partial charge in [0, 0.05) is 0 Å². The average Bonchev–Trinajstić information content (AvgIpc) is 2.60. The first-order valence-electron chi connectivity index (χ1n) is 8.13. The summed E-state index contributed by atoms with van der Waals surface area (Å²) in [6.45, 7) is 9.32. The summed E-state index contributed by atoms with van der Waals surface area (Å²) in [5, 5.41) is 3.19. The lowest BCUT2D eigenvalue weighted by atomic mass is 9.90. The Morgan fingerprint density at radius 3 is 1.85 bits per heavy atom. The molecule has 0 saturated carbocycles. The second-order valence-electron chi connectivity index (χ2n) is 6.22. The molecule has 0 bridgehead atoms. The van der Waals surface area contributed by atoms with Crippen LogP contribution >= 0.6 is 23.2 Å². The van der Waals surface area contributed by atoms with E-state index in [0.29, 0.717) is 21.3 Å². The largest absolute Gasteiger partial charge is 0.452 e. The molecule has 26 heavy (non-hydrogen) atoms. The van der Waals surface area contributed by atoms with Gasteiger partial charge in [0.05, 0.1) is 21.3 Å². The summed E-state index contributed by atoms with van der Waals surface area (Å²) >= 11 is 12.0. The molecule has 2 aromatic carbocycles. The van der Waals surface area contributed by atoms with Crippen LogP contribution in [0.3, 0.4) is 0 Å². The lowest BCUT2D eigenvalue weighted by molar-refractivity contribution is -0.119. The fraction of sp³-hybridized carbons (Fsp3) is 0.300. The number of nitrogens with one attached hydrogen (secondary N) is 1. The molecule has 0 saturated heterocycles. The average molecular weight is 394 g/mol. The molecule has 0 radical (unpaired) electrons. The van der Waals surface area contributed by atoms with E-state index in [2.05, 4.69) is 5.32 Å². The molecule has 0 heterocycles. The number of hydrogen-bond donors (Lipinski definition) is 1. The van der Waals surface area contributed by atoms with Gasteiger partial charge in [-0.05, 0) is 74.6 Å². The van der Waals surface area contributed by atoms with Gasteiger partial charge in [-0.3, -0.25) is 4.79 Å². The van der Waals surface area contributed by atoms with Crippen LogP contribution in [0.2, 0.25) is 10.0 Å². The molecule has 0 atom stereocenters. The molecule has 6 heteroatoms. The molecular formula is C20H21Cl2NO3. The maximum Gasteiger partial charge on any atom is 0.339 e. The molecule has 0 aliphatic carbocycles. The summed E-state index contributed by atoms with van der Waals surface area (Å²) in [5.41, 5.74) is 5.79. The van der Waals surface area contributed by atoms with Crippen molar-refractivity contribution in [3.63, 3.8) is 0 Å². The first-order valence-corrected chi connectivity index (χ1v) is 8.88. The van der Waals surface area contributed by atoms with Crippen LogP contribution in [0.4, 0.5) is 5.69 Å². The predicted molar refractivity (Wildman–Crippen MR) is 106 cm³/mol. The molecule has 0 spiro atoms. The molecule has 0 aliphatic heterocycles. The van der Waals surface area contributed by atoms with Gasteiger partial charge in [-0.25, -0.2) is 4.79 Å². The van der Waals surface area contributed by atoms with Gasteiger partial charge in [-0.1, -0.05) is 29.3 Å². The van der Waals surface area contributed by atoms with Crippen LogP contribution < -0.4 is 5.32 Å². The summed E-state index contributed by atoms with van der Waals surface area (Å²) < 4.78 is 5.22. The lowest BCUT2D eigenvalue weighted by Crippen LogP contribution is -2.22. The fourth-order valence-electron chi connectivity index (χ4n) is 2.80. The van der Waals surface area contributed by atoms with Crippen LogP contribution in [-0.4, -0.2) is 18.5 Å². The molecule has 0 aromatic heterocycles. The van der Waals surface area contributed by atoms with E-state index in [1.165, 1.54) is 0 Å². The highest BCUT2D eigenvalue weighted by Crippen LogP contribution is 2.30. The van der Waals surface area contributed by atoms with Gasteiger partial charge in [-0.2, -0.15) is 0 Å². The zero-order chi connectivity index (χ0) is 19.6. The van der Waals surface area contributed by atoms with Crippen molar-refractivity contribution in [1.82, 2.24) is 0 Å². The number of benzene rings is 2. The van der Waals surface area contributed by atoms with Gasteiger partial charge in [0.1, 0.15) is 0 Å². The molecule has 0 fully saturated rings. The molecule has 0 aliphatic rings. The van der Waals surface area contributed by atoms with E-state index < -0.39 is 18.5 Å². The Bertz CT molecular complexity index is 842. The Morgan fingerprint density at radius 2 is 1.35 bits per heavy atom. The Hall–Kier alpha value is -2.04. The minimum Gasteiger partial charge on any atom is -0.452 e. The van der Waals surface area contributed by atoms with Crippen molar-refractivity contribution in [2.24, 2.45) is 0 Å². The van der Waals surface area contributed by atoms with E-state index in [1.54, 1.807) is 18.2 Å². The number of carbonyl (C=O) groups excluding carboxylic acids is 2.